The molecule has 0 aromatic heterocycles. The molecule has 0 bridgehead atoms. The smallest absolute Gasteiger partial charge is 0.0200 e. The van der Waals surface area contributed by atoms with Crippen molar-refractivity contribution < 1.29 is 0 Å². The van der Waals surface area contributed by atoms with Gasteiger partial charge < -0.3 is 0 Å². The van der Waals surface area contributed by atoms with E-state index in [1.165, 1.54) is 40.8 Å². The highest BCUT2D eigenvalue weighted by Gasteiger charge is 2.47. The fourth-order valence-corrected chi connectivity index (χ4v) is 7.55. The molecule has 0 N–H and O–H groups in total. The molecule has 0 saturated heterocycles. The molecular formula is C27H24S. The first-order chi connectivity index (χ1) is 13.9. The van der Waals surface area contributed by atoms with E-state index in [9.17, 15) is 0 Å². The molecule has 1 aliphatic heterocycles. The monoisotopic (exact) mass is 380 g/mol. The van der Waals surface area contributed by atoms with Crippen molar-refractivity contribution >= 4 is 23.4 Å². The lowest BCUT2D eigenvalue weighted by Gasteiger charge is -2.46. The quantitative estimate of drug-likeness (QED) is 0.447. The molecule has 0 nitrogen and oxygen atoms in total. The first-order valence-electron chi connectivity index (χ1n) is 10.5. The molecule has 0 amide bonds. The van der Waals surface area contributed by atoms with Crippen molar-refractivity contribution in [3.63, 3.8) is 0 Å². The fraction of sp³-hybridized carbons (Fsp3) is 0.259. The average molecular weight is 381 g/mol. The van der Waals surface area contributed by atoms with Gasteiger partial charge in [0.25, 0.3) is 0 Å². The lowest BCUT2D eigenvalue weighted by molar-refractivity contribution is 0.310. The summed E-state index contributed by atoms with van der Waals surface area (Å²) in [5.41, 5.74) is 7.55. The topological polar surface area (TPSA) is 0 Å². The third-order valence-corrected chi connectivity index (χ3v) is 8.51. The van der Waals surface area contributed by atoms with Crippen molar-refractivity contribution in [2.24, 2.45) is 5.92 Å². The molecule has 4 unspecified atom stereocenters. The molecule has 1 heterocycles. The van der Waals surface area contributed by atoms with Crippen LogP contribution >= 0.6 is 11.8 Å². The lowest BCUT2D eigenvalue weighted by atomic mass is 9.68. The van der Waals surface area contributed by atoms with Gasteiger partial charge in [-0.25, -0.2) is 0 Å². The van der Waals surface area contributed by atoms with Gasteiger partial charge in [0.1, 0.15) is 0 Å². The van der Waals surface area contributed by atoms with Crippen molar-refractivity contribution in [3.05, 3.63) is 101 Å². The number of hydrogen-bond acceptors (Lipinski definition) is 1. The summed E-state index contributed by atoms with van der Waals surface area (Å²) in [6, 6.07) is 29.3. The summed E-state index contributed by atoms with van der Waals surface area (Å²) >= 11 is 2.17. The highest BCUT2D eigenvalue weighted by atomic mass is 32.2. The Labute approximate surface area is 171 Å². The van der Waals surface area contributed by atoms with Gasteiger partial charge in [-0.15, -0.1) is 11.8 Å². The van der Waals surface area contributed by atoms with Gasteiger partial charge in [0.05, 0.1) is 0 Å². The predicted octanol–water partition coefficient (Wildman–Crippen LogP) is 7.38. The number of allylic oxidation sites excluding steroid dienone is 1. The molecular weight excluding hydrogens is 356 g/mol. The van der Waals surface area contributed by atoms with E-state index >= 15 is 0 Å². The first-order valence-corrected chi connectivity index (χ1v) is 11.4. The second-order valence-corrected chi connectivity index (χ2v) is 9.62. The maximum Gasteiger partial charge on any atom is 0.0200 e. The van der Waals surface area contributed by atoms with Crippen LogP contribution in [0.4, 0.5) is 0 Å². The Morgan fingerprint density at radius 2 is 1.54 bits per heavy atom. The van der Waals surface area contributed by atoms with E-state index in [1.807, 2.05) is 0 Å². The number of thioether (sulfide) groups is 1. The van der Waals surface area contributed by atoms with E-state index < -0.39 is 0 Å². The molecule has 0 spiro atoms. The van der Waals surface area contributed by atoms with Crippen LogP contribution < -0.4 is 0 Å². The molecule has 1 fully saturated rings. The highest BCUT2D eigenvalue weighted by Crippen LogP contribution is 2.61. The van der Waals surface area contributed by atoms with Crippen LogP contribution in [0.3, 0.4) is 0 Å². The SMILES string of the molecule is C1=C(c2ccccc2)C2c3c1cccc3SC1C(c3ccccc3)CCCC21. The number of hydrogen-bond donors (Lipinski definition) is 0. The van der Waals surface area contributed by atoms with Gasteiger partial charge in [0.2, 0.25) is 0 Å². The van der Waals surface area contributed by atoms with E-state index in [2.05, 4.69) is 96.7 Å². The summed E-state index contributed by atoms with van der Waals surface area (Å²) in [6.07, 6.45) is 6.50. The molecule has 3 aromatic carbocycles. The van der Waals surface area contributed by atoms with Crippen LogP contribution in [0.1, 0.15) is 53.4 Å². The van der Waals surface area contributed by atoms with Gasteiger partial charge in [-0.3, -0.25) is 0 Å². The van der Waals surface area contributed by atoms with Crippen LogP contribution in [-0.4, -0.2) is 5.25 Å². The average Bonchev–Trinajstić information content (AvgIpc) is 3.16. The zero-order valence-corrected chi connectivity index (χ0v) is 16.7. The maximum absolute atomic E-state index is 2.48. The van der Waals surface area contributed by atoms with Crippen molar-refractivity contribution in [2.45, 2.75) is 41.2 Å². The highest BCUT2D eigenvalue weighted by molar-refractivity contribution is 8.00. The molecule has 0 radical (unpaired) electrons. The van der Waals surface area contributed by atoms with Gasteiger partial charge in [-0.2, -0.15) is 0 Å². The summed E-state index contributed by atoms with van der Waals surface area (Å²) in [4.78, 5) is 1.52. The summed E-state index contributed by atoms with van der Waals surface area (Å²) < 4.78 is 0. The van der Waals surface area contributed by atoms with Crippen LogP contribution in [0.15, 0.2) is 83.8 Å². The van der Waals surface area contributed by atoms with Crippen LogP contribution in [0, 0.1) is 5.92 Å². The van der Waals surface area contributed by atoms with Crippen LogP contribution in [0.5, 0.6) is 0 Å². The normalized spacial score (nSPS) is 27.6. The van der Waals surface area contributed by atoms with Gasteiger partial charge in [0, 0.05) is 16.1 Å². The molecule has 2 aliphatic carbocycles. The Morgan fingerprint density at radius 1 is 0.750 bits per heavy atom. The second-order valence-electron chi connectivity index (χ2n) is 8.40. The lowest BCUT2D eigenvalue weighted by Crippen LogP contribution is -2.36. The Bertz CT molecular complexity index is 1030. The molecule has 28 heavy (non-hydrogen) atoms. The zero-order chi connectivity index (χ0) is 18.5. The standard InChI is InChI=1S/C27H24S/c1-3-9-18(10-4-1)21-14-8-15-22-26-23(19-11-5-2-6-12-19)17-20-13-7-16-24(25(20)26)28-27(21)22/h1-7,9-13,16-17,21-22,26-27H,8,14-15H2. The van der Waals surface area contributed by atoms with Gasteiger partial charge >= 0.3 is 0 Å². The van der Waals surface area contributed by atoms with Crippen molar-refractivity contribution in [2.75, 3.05) is 0 Å². The van der Waals surface area contributed by atoms with Crippen LogP contribution in [0.2, 0.25) is 0 Å². The summed E-state index contributed by atoms with van der Waals surface area (Å²) in [7, 11) is 0. The molecule has 138 valence electrons. The molecule has 1 saturated carbocycles. The Morgan fingerprint density at radius 3 is 2.36 bits per heavy atom. The van der Waals surface area contributed by atoms with Gasteiger partial charge in [-0.05, 0) is 58.6 Å². The first kappa shape index (κ1) is 16.7. The Hall–Kier alpha value is -2.25. The fourth-order valence-electron chi connectivity index (χ4n) is 5.80. The van der Waals surface area contributed by atoms with E-state index in [-0.39, 0.29) is 0 Å². The summed E-state index contributed by atoms with van der Waals surface area (Å²) in [6.45, 7) is 0. The van der Waals surface area contributed by atoms with Crippen molar-refractivity contribution in [1.29, 1.82) is 0 Å². The maximum atomic E-state index is 2.48. The predicted molar refractivity (Wildman–Crippen MR) is 120 cm³/mol. The van der Waals surface area contributed by atoms with E-state index in [1.54, 1.807) is 11.1 Å². The van der Waals surface area contributed by atoms with Crippen molar-refractivity contribution in [1.82, 2.24) is 0 Å². The summed E-state index contributed by atoms with van der Waals surface area (Å²) in [5.74, 6) is 1.96. The third kappa shape index (κ3) is 2.53. The van der Waals surface area contributed by atoms with Crippen molar-refractivity contribution in [3.8, 4) is 0 Å². The van der Waals surface area contributed by atoms with Gasteiger partial charge in [-0.1, -0.05) is 85.3 Å². The van der Waals surface area contributed by atoms with Gasteiger partial charge in [0.15, 0.2) is 0 Å². The molecule has 4 atom stereocenters. The van der Waals surface area contributed by atoms with E-state index in [0.29, 0.717) is 17.1 Å². The third-order valence-electron chi connectivity index (χ3n) is 6.95. The molecule has 3 aliphatic rings. The molecule has 1 heteroatoms. The largest absolute Gasteiger partial charge is 0.121 e. The minimum Gasteiger partial charge on any atom is -0.121 e. The number of benzene rings is 3. The molecule has 6 rings (SSSR count). The van der Waals surface area contributed by atoms with E-state index in [4.69, 9.17) is 0 Å². The Balaban J connectivity index is 1.48. The summed E-state index contributed by atoms with van der Waals surface area (Å²) in [5, 5.41) is 0.675. The minimum atomic E-state index is 0.561. The molecule has 3 aromatic rings. The van der Waals surface area contributed by atoms with Crippen LogP contribution in [-0.2, 0) is 0 Å². The number of fused-ring (bicyclic) bond motifs is 2. The minimum absolute atomic E-state index is 0.561. The Kier molecular flexibility index (Phi) is 3.97. The second kappa shape index (κ2) is 6.67. The van der Waals surface area contributed by atoms with Crippen LogP contribution in [0.25, 0.3) is 11.6 Å². The van der Waals surface area contributed by atoms with E-state index in [0.717, 1.165) is 5.92 Å². The zero-order valence-electron chi connectivity index (χ0n) is 15.9. The number of rotatable bonds is 2.